The quantitative estimate of drug-likeness (QED) is 0.807. The van der Waals surface area contributed by atoms with Crippen molar-refractivity contribution in [3.8, 4) is 0 Å². The third-order valence-corrected chi connectivity index (χ3v) is 3.97. The zero-order valence-electron chi connectivity index (χ0n) is 12.4. The van der Waals surface area contributed by atoms with E-state index in [0.717, 1.165) is 4.90 Å². The first-order chi connectivity index (χ1) is 10.7. The highest BCUT2D eigenvalue weighted by molar-refractivity contribution is 6.43. The smallest absolute Gasteiger partial charge is 0.262 e. The monoisotopic (exact) mass is 357 g/mol. The summed E-state index contributed by atoms with van der Waals surface area (Å²) >= 11 is 11.7. The maximum Gasteiger partial charge on any atom is 0.262 e. The van der Waals surface area contributed by atoms with Crippen LogP contribution in [0.4, 0.5) is 0 Å². The molecule has 1 aliphatic rings. The lowest BCUT2D eigenvalue weighted by atomic mass is 10.1. The van der Waals surface area contributed by atoms with Crippen LogP contribution in [0, 0.1) is 0 Å². The van der Waals surface area contributed by atoms with Crippen molar-refractivity contribution in [1.29, 1.82) is 0 Å². The molecule has 0 unspecified atom stereocenters. The van der Waals surface area contributed by atoms with Gasteiger partial charge in [-0.1, -0.05) is 23.2 Å². The van der Waals surface area contributed by atoms with Gasteiger partial charge in [0, 0.05) is 14.1 Å². The van der Waals surface area contributed by atoms with E-state index in [1.54, 1.807) is 14.1 Å². The topological polar surface area (TPSA) is 86.8 Å². The minimum Gasteiger partial charge on any atom is -0.347 e. The van der Waals surface area contributed by atoms with Gasteiger partial charge in [-0.15, -0.1) is 0 Å². The Labute approximate surface area is 142 Å². The summed E-state index contributed by atoms with van der Waals surface area (Å²) in [6.45, 7) is -0.699. The fourth-order valence-electron chi connectivity index (χ4n) is 1.96. The number of amides is 4. The van der Waals surface area contributed by atoms with E-state index in [1.165, 1.54) is 17.0 Å². The molecule has 4 amide bonds. The number of hydrogen-bond acceptors (Lipinski definition) is 4. The second-order valence-electron chi connectivity index (χ2n) is 5.07. The van der Waals surface area contributed by atoms with Crippen LogP contribution in [0.15, 0.2) is 12.1 Å². The Morgan fingerprint density at radius 1 is 1.09 bits per heavy atom. The number of nitrogens with one attached hydrogen (secondary N) is 1. The highest BCUT2D eigenvalue weighted by Gasteiger charge is 2.37. The molecule has 9 heteroatoms. The normalized spacial score (nSPS) is 13.1. The van der Waals surface area contributed by atoms with E-state index >= 15 is 0 Å². The number of hydrogen-bond donors (Lipinski definition) is 1. The molecule has 0 fully saturated rings. The Bertz CT molecular complexity index is 677. The van der Waals surface area contributed by atoms with Gasteiger partial charge in [-0.3, -0.25) is 24.1 Å². The highest BCUT2D eigenvalue weighted by Crippen LogP contribution is 2.31. The van der Waals surface area contributed by atoms with Crippen molar-refractivity contribution in [1.82, 2.24) is 15.1 Å². The van der Waals surface area contributed by atoms with Crippen molar-refractivity contribution < 1.29 is 19.2 Å². The SMILES string of the molecule is CN(C)C(=O)CNC(=O)CN1C(=O)c2cc(Cl)c(Cl)cc2C1=O. The minimum atomic E-state index is -0.627. The molecule has 7 nitrogen and oxygen atoms in total. The number of nitrogens with zero attached hydrogens (tertiary/aromatic N) is 2. The van der Waals surface area contributed by atoms with Gasteiger partial charge in [0.05, 0.1) is 27.7 Å². The zero-order chi connectivity index (χ0) is 17.3. The van der Waals surface area contributed by atoms with E-state index in [-0.39, 0.29) is 33.6 Å². The molecule has 0 aromatic heterocycles. The molecular weight excluding hydrogens is 345 g/mol. The second-order valence-corrected chi connectivity index (χ2v) is 5.89. The predicted octanol–water partition coefficient (Wildman–Crippen LogP) is 0.794. The van der Waals surface area contributed by atoms with Gasteiger partial charge in [0.2, 0.25) is 11.8 Å². The Morgan fingerprint density at radius 3 is 2.00 bits per heavy atom. The molecule has 0 saturated carbocycles. The van der Waals surface area contributed by atoms with Crippen LogP contribution >= 0.6 is 23.2 Å². The maximum atomic E-state index is 12.2. The summed E-state index contributed by atoms with van der Waals surface area (Å²) < 4.78 is 0. The first-order valence-electron chi connectivity index (χ1n) is 6.54. The molecule has 0 saturated heterocycles. The molecule has 0 aliphatic carbocycles. The Morgan fingerprint density at radius 2 is 1.57 bits per heavy atom. The van der Waals surface area contributed by atoms with E-state index in [0.29, 0.717) is 0 Å². The molecule has 1 aliphatic heterocycles. The summed E-state index contributed by atoms with van der Waals surface area (Å²) in [5.41, 5.74) is 0.197. The summed E-state index contributed by atoms with van der Waals surface area (Å²) in [6.07, 6.45) is 0. The van der Waals surface area contributed by atoms with E-state index < -0.39 is 24.3 Å². The standard InChI is InChI=1S/C14H13Cl2N3O4/c1-18(2)12(21)5-17-11(20)6-19-13(22)7-3-9(15)10(16)4-8(7)14(19)23/h3-4H,5-6H2,1-2H3,(H,17,20). The number of carbonyl (C=O) groups excluding carboxylic acids is 4. The first-order valence-corrected chi connectivity index (χ1v) is 7.30. The van der Waals surface area contributed by atoms with Crippen LogP contribution in [0.5, 0.6) is 0 Å². The largest absolute Gasteiger partial charge is 0.347 e. The van der Waals surface area contributed by atoms with Crippen molar-refractivity contribution in [2.45, 2.75) is 0 Å². The molecule has 0 bridgehead atoms. The predicted molar refractivity (Wildman–Crippen MR) is 83.5 cm³/mol. The number of benzene rings is 1. The molecule has 122 valence electrons. The lowest BCUT2D eigenvalue weighted by molar-refractivity contribution is -0.130. The number of rotatable bonds is 4. The van der Waals surface area contributed by atoms with Crippen LogP contribution in [0.1, 0.15) is 20.7 Å². The van der Waals surface area contributed by atoms with Gasteiger partial charge in [-0.05, 0) is 12.1 Å². The average molecular weight is 358 g/mol. The molecule has 0 radical (unpaired) electrons. The number of fused-ring (bicyclic) bond motifs is 1. The van der Waals surface area contributed by atoms with Crippen molar-refractivity contribution >= 4 is 46.8 Å². The highest BCUT2D eigenvalue weighted by atomic mass is 35.5. The lowest BCUT2D eigenvalue weighted by Gasteiger charge is -2.14. The lowest BCUT2D eigenvalue weighted by Crippen LogP contribution is -2.43. The Balaban J connectivity index is 2.08. The molecule has 0 atom stereocenters. The van der Waals surface area contributed by atoms with E-state index in [4.69, 9.17) is 23.2 Å². The van der Waals surface area contributed by atoms with E-state index in [2.05, 4.69) is 5.32 Å². The number of likely N-dealkylation sites (N-methyl/N-ethyl adjacent to an activating group) is 1. The number of imide groups is 1. The summed E-state index contributed by atoms with van der Waals surface area (Å²) in [5, 5.41) is 2.65. The third kappa shape index (κ3) is 3.46. The minimum absolute atomic E-state index is 0.0987. The molecule has 1 N–H and O–H groups in total. The number of halogens is 2. The summed E-state index contributed by atoms with van der Waals surface area (Å²) in [4.78, 5) is 49.7. The van der Waals surface area contributed by atoms with Crippen LogP contribution in [0.2, 0.25) is 10.0 Å². The van der Waals surface area contributed by atoms with Crippen molar-refractivity contribution in [3.63, 3.8) is 0 Å². The van der Waals surface area contributed by atoms with Gasteiger partial charge in [0.25, 0.3) is 11.8 Å². The van der Waals surface area contributed by atoms with Crippen molar-refractivity contribution in [2.24, 2.45) is 0 Å². The summed E-state index contributed by atoms with van der Waals surface area (Å²) in [7, 11) is 3.10. The van der Waals surface area contributed by atoms with Crippen LogP contribution in [-0.4, -0.2) is 60.6 Å². The van der Waals surface area contributed by atoms with Gasteiger partial charge >= 0.3 is 0 Å². The molecular formula is C14H13Cl2N3O4. The van der Waals surface area contributed by atoms with Gasteiger partial charge in [-0.2, -0.15) is 0 Å². The Hall–Kier alpha value is -2.12. The fraction of sp³-hybridized carbons (Fsp3) is 0.286. The van der Waals surface area contributed by atoms with Gasteiger partial charge in [0.1, 0.15) is 6.54 Å². The van der Waals surface area contributed by atoms with Crippen LogP contribution in [-0.2, 0) is 9.59 Å². The van der Waals surface area contributed by atoms with Crippen LogP contribution in [0.3, 0.4) is 0 Å². The maximum absolute atomic E-state index is 12.2. The van der Waals surface area contributed by atoms with Gasteiger partial charge < -0.3 is 10.2 Å². The molecule has 1 aromatic carbocycles. The van der Waals surface area contributed by atoms with E-state index in [1.807, 2.05) is 0 Å². The van der Waals surface area contributed by atoms with Crippen LogP contribution < -0.4 is 5.32 Å². The fourth-order valence-corrected chi connectivity index (χ4v) is 2.29. The van der Waals surface area contributed by atoms with Crippen molar-refractivity contribution in [2.75, 3.05) is 27.2 Å². The summed E-state index contributed by atoms with van der Waals surface area (Å²) in [5.74, 6) is -2.18. The average Bonchev–Trinajstić information content (AvgIpc) is 2.70. The first kappa shape index (κ1) is 17.2. The third-order valence-electron chi connectivity index (χ3n) is 3.25. The second kappa shape index (κ2) is 6.55. The summed E-state index contributed by atoms with van der Waals surface area (Å²) in [6, 6.07) is 2.60. The molecule has 2 rings (SSSR count). The van der Waals surface area contributed by atoms with Gasteiger partial charge in [-0.25, -0.2) is 0 Å². The van der Waals surface area contributed by atoms with Gasteiger partial charge in [0.15, 0.2) is 0 Å². The molecule has 1 heterocycles. The number of carbonyl (C=O) groups is 4. The molecule has 0 spiro atoms. The van der Waals surface area contributed by atoms with E-state index in [9.17, 15) is 19.2 Å². The molecule has 1 aromatic rings. The van der Waals surface area contributed by atoms with Crippen molar-refractivity contribution in [3.05, 3.63) is 33.3 Å². The Kier molecular flexibility index (Phi) is 4.91. The molecule has 23 heavy (non-hydrogen) atoms. The zero-order valence-corrected chi connectivity index (χ0v) is 13.9. The van der Waals surface area contributed by atoms with Crippen LogP contribution in [0.25, 0.3) is 0 Å².